The molecule has 0 heterocycles. The molecule has 0 aliphatic carbocycles. The molecule has 0 bridgehead atoms. The largest absolute Gasteiger partial charge is 0.284 e. The van der Waals surface area contributed by atoms with E-state index in [9.17, 15) is 12.8 Å². The first-order chi connectivity index (χ1) is 6.51. The molecule has 5 heteroatoms. The molecular formula is C9H8FNO2S. The Balaban J connectivity index is 2.88. The van der Waals surface area contributed by atoms with Gasteiger partial charge in [-0.05, 0) is 30.2 Å². The maximum atomic E-state index is 11.6. The van der Waals surface area contributed by atoms with Crippen molar-refractivity contribution in [2.24, 2.45) is 0 Å². The van der Waals surface area contributed by atoms with E-state index < -0.39 is 10.0 Å². The monoisotopic (exact) mass is 213 g/mol. The van der Waals surface area contributed by atoms with Crippen LogP contribution < -0.4 is 4.72 Å². The quantitative estimate of drug-likeness (QED) is 0.753. The maximum Gasteiger partial charge on any atom is 0.229 e. The summed E-state index contributed by atoms with van der Waals surface area (Å²) in [4.78, 5) is 0. The van der Waals surface area contributed by atoms with Gasteiger partial charge in [0, 0.05) is 11.3 Å². The summed E-state index contributed by atoms with van der Waals surface area (Å²) >= 11 is 0. The number of halogens is 1. The van der Waals surface area contributed by atoms with E-state index in [1.807, 2.05) is 0 Å². The molecule has 1 aromatic rings. The third-order valence-corrected chi connectivity index (χ3v) is 1.99. The fourth-order valence-corrected chi connectivity index (χ4v) is 1.45. The second-order valence-corrected chi connectivity index (χ2v) is 4.42. The fourth-order valence-electron chi connectivity index (χ4n) is 0.890. The zero-order valence-electron chi connectivity index (χ0n) is 7.41. The Kier molecular flexibility index (Phi) is 3.10. The number of hydrogen-bond acceptors (Lipinski definition) is 2. The molecule has 0 aliphatic heterocycles. The Morgan fingerprint density at radius 2 is 1.86 bits per heavy atom. The highest BCUT2D eigenvalue weighted by Gasteiger charge is 2.00. The molecule has 0 amide bonds. The highest BCUT2D eigenvalue weighted by Crippen LogP contribution is 2.09. The van der Waals surface area contributed by atoms with Crippen molar-refractivity contribution in [1.29, 1.82) is 0 Å². The lowest BCUT2D eigenvalue weighted by Crippen LogP contribution is -2.09. The summed E-state index contributed by atoms with van der Waals surface area (Å²) in [5, 5.41) is 0. The van der Waals surface area contributed by atoms with E-state index in [2.05, 4.69) is 10.6 Å². The van der Waals surface area contributed by atoms with Crippen LogP contribution in [0.5, 0.6) is 0 Å². The molecule has 14 heavy (non-hydrogen) atoms. The van der Waals surface area contributed by atoms with Crippen LogP contribution in [0.1, 0.15) is 5.56 Å². The Hall–Kier alpha value is -1.54. The van der Waals surface area contributed by atoms with Crippen LogP contribution >= 0.6 is 0 Å². The molecule has 0 fully saturated rings. The minimum atomic E-state index is -3.26. The number of anilines is 1. The summed E-state index contributed by atoms with van der Waals surface area (Å²) in [5.74, 6) is 2.20. The van der Waals surface area contributed by atoms with Crippen molar-refractivity contribution < 1.29 is 12.8 Å². The lowest BCUT2D eigenvalue weighted by molar-refractivity contribution is 0.607. The molecule has 1 aromatic carbocycles. The number of sulfonamides is 1. The summed E-state index contributed by atoms with van der Waals surface area (Å²) in [7, 11) is -3.26. The molecule has 0 aromatic heterocycles. The summed E-state index contributed by atoms with van der Waals surface area (Å²) in [6.45, 7) is 0. The van der Waals surface area contributed by atoms with Crippen LogP contribution in [0.25, 0.3) is 0 Å². The highest BCUT2D eigenvalue weighted by atomic mass is 32.2. The lowest BCUT2D eigenvalue weighted by Gasteiger charge is -2.02. The summed E-state index contributed by atoms with van der Waals surface area (Å²) in [6.07, 6.45) is 2.32. The molecule has 1 N–H and O–H groups in total. The van der Waals surface area contributed by atoms with Gasteiger partial charge in [0.2, 0.25) is 10.0 Å². The number of nitrogens with one attached hydrogen (secondary N) is 1. The molecule has 0 saturated heterocycles. The number of hydrogen-bond donors (Lipinski definition) is 1. The molecule has 0 radical (unpaired) electrons. The highest BCUT2D eigenvalue weighted by molar-refractivity contribution is 7.92. The molecule has 0 unspecified atom stereocenters. The molecule has 0 atom stereocenters. The van der Waals surface area contributed by atoms with Crippen LogP contribution in [0.3, 0.4) is 0 Å². The van der Waals surface area contributed by atoms with Gasteiger partial charge in [0.25, 0.3) is 0 Å². The van der Waals surface area contributed by atoms with Gasteiger partial charge in [0.1, 0.15) is 6.17 Å². The van der Waals surface area contributed by atoms with Crippen LogP contribution in [0.4, 0.5) is 10.1 Å². The molecule has 1 rings (SSSR count). The third kappa shape index (κ3) is 3.46. The van der Waals surface area contributed by atoms with Crippen LogP contribution in [-0.4, -0.2) is 14.7 Å². The third-order valence-electron chi connectivity index (χ3n) is 1.38. The van der Waals surface area contributed by atoms with Crippen LogP contribution in [-0.2, 0) is 10.0 Å². The van der Waals surface area contributed by atoms with Crippen LogP contribution in [0.2, 0.25) is 0 Å². The molecule has 74 valence electrons. The predicted molar refractivity (Wildman–Crippen MR) is 52.9 cm³/mol. The average Bonchev–Trinajstić information content (AvgIpc) is 2.06. The summed E-state index contributed by atoms with van der Waals surface area (Å²) in [5.41, 5.74) is 0.920. The van der Waals surface area contributed by atoms with Crippen molar-refractivity contribution >= 4 is 15.7 Å². The normalized spacial score (nSPS) is 10.1. The van der Waals surface area contributed by atoms with Gasteiger partial charge >= 0.3 is 0 Å². The minimum Gasteiger partial charge on any atom is -0.284 e. The SMILES string of the molecule is CS(=O)(=O)Nc1ccc(C#CF)cc1. The van der Waals surface area contributed by atoms with Crippen molar-refractivity contribution in [1.82, 2.24) is 0 Å². The van der Waals surface area contributed by atoms with E-state index >= 15 is 0 Å². The molecule has 3 nitrogen and oxygen atoms in total. The van der Waals surface area contributed by atoms with Crippen LogP contribution in [0, 0.1) is 12.1 Å². The minimum absolute atomic E-state index is 0.428. The van der Waals surface area contributed by atoms with E-state index in [1.54, 1.807) is 0 Å². The fraction of sp³-hybridized carbons (Fsp3) is 0.111. The van der Waals surface area contributed by atoms with Crippen molar-refractivity contribution in [3.8, 4) is 12.1 Å². The Morgan fingerprint density at radius 3 is 2.29 bits per heavy atom. The Morgan fingerprint density at radius 1 is 1.29 bits per heavy atom. The van der Waals surface area contributed by atoms with Gasteiger partial charge in [-0.25, -0.2) is 8.42 Å². The van der Waals surface area contributed by atoms with Gasteiger partial charge in [-0.2, -0.15) is 0 Å². The van der Waals surface area contributed by atoms with Crippen molar-refractivity contribution in [2.45, 2.75) is 0 Å². The van der Waals surface area contributed by atoms with Gasteiger partial charge in [-0.15, -0.1) is 4.39 Å². The Labute approximate surface area is 82.0 Å². The maximum absolute atomic E-state index is 11.6. The van der Waals surface area contributed by atoms with Crippen molar-refractivity contribution in [2.75, 3.05) is 11.0 Å². The first-order valence-corrected chi connectivity index (χ1v) is 5.60. The van der Waals surface area contributed by atoms with E-state index in [0.717, 1.165) is 6.26 Å². The van der Waals surface area contributed by atoms with Gasteiger partial charge in [-0.3, -0.25) is 4.72 Å². The second-order valence-electron chi connectivity index (χ2n) is 2.67. The smallest absolute Gasteiger partial charge is 0.229 e. The zero-order chi connectivity index (χ0) is 10.6. The average molecular weight is 213 g/mol. The second kappa shape index (κ2) is 4.11. The molecule has 0 spiro atoms. The van der Waals surface area contributed by atoms with Gasteiger partial charge in [0.05, 0.1) is 6.26 Å². The zero-order valence-corrected chi connectivity index (χ0v) is 8.23. The first kappa shape index (κ1) is 10.5. The van der Waals surface area contributed by atoms with E-state index in [4.69, 9.17) is 0 Å². The van der Waals surface area contributed by atoms with E-state index in [-0.39, 0.29) is 0 Å². The summed E-state index contributed by atoms with van der Waals surface area (Å²) in [6, 6.07) is 6.08. The van der Waals surface area contributed by atoms with Crippen molar-refractivity contribution in [3.05, 3.63) is 29.8 Å². The lowest BCUT2D eigenvalue weighted by atomic mass is 10.2. The van der Waals surface area contributed by atoms with E-state index in [1.165, 1.54) is 30.4 Å². The molecule has 0 saturated carbocycles. The van der Waals surface area contributed by atoms with Gasteiger partial charge in [-0.1, -0.05) is 0 Å². The molecule has 0 aliphatic rings. The Bertz CT molecular complexity index is 468. The van der Waals surface area contributed by atoms with Crippen molar-refractivity contribution in [3.63, 3.8) is 0 Å². The van der Waals surface area contributed by atoms with Crippen LogP contribution in [0.15, 0.2) is 24.3 Å². The van der Waals surface area contributed by atoms with Gasteiger partial charge in [0.15, 0.2) is 0 Å². The predicted octanol–water partition coefficient (Wildman–Crippen LogP) is 1.34. The van der Waals surface area contributed by atoms with Gasteiger partial charge < -0.3 is 0 Å². The number of benzene rings is 1. The molecular weight excluding hydrogens is 205 g/mol. The van der Waals surface area contributed by atoms with E-state index in [0.29, 0.717) is 11.3 Å². The number of rotatable bonds is 2. The topological polar surface area (TPSA) is 46.2 Å². The summed E-state index contributed by atoms with van der Waals surface area (Å²) < 4.78 is 35.5. The standard InChI is InChI=1S/C9H8FNO2S/c1-14(12,13)11-9-4-2-8(3-5-9)6-7-10/h2-5,11H,1H3. The first-order valence-electron chi connectivity index (χ1n) is 3.71.